The minimum Gasteiger partial charge on any atom is -0.494 e. The molecule has 0 saturated carbocycles. The Labute approximate surface area is 96.4 Å². The van der Waals surface area contributed by atoms with Crippen LogP contribution in [0.25, 0.3) is 5.69 Å². The first-order valence-electron chi connectivity index (χ1n) is 4.45. The van der Waals surface area contributed by atoms with Gasteiger partial charge in [-0.05, 0) is 0 Å². The molecule has 2 aromatic rings. The first-order chi connectivity index (χ1) is 7.61. The van der Waals surface area contributed by atoms with E-state index in [1.165, 1.54) is 30.1 Å². The van der Waals surface area contributed by atoms with Crippen molar-refractivity contribution >= 4 is 17.3 Å². The van der Waals surface area contributed by atoms with Gasteiger partial charge >= 0.3 is 0 Å². The van der Waals surface area contributed by atoms with Crippen molar-refractivity contribution in [3.8, 4) is 11.4 Å². The molecule has 84 valence electrons. The van der Waals surface area contributed by atoms with Gasteiger partial charge < -0.3 is 10.5 Å². The molecule has 0 unspecified atom stereocenters. The van der Waals surface area contributed by atoms with E-state index in [4.69, 9.17) is 22.1 Å². The molecule has 0 saturated heterocycles. The van der Waals surface area contributed by atoms with Crippen LogP contribution >= 0.6 is 11.6 Å². The van der Waals surface area contributed by atoms with E-state index in [1.807, 2.05) is 0 Å². The van der Waals surface area contributed by atoms with E-state index in [0.717, 1.165) is 0 Å². The number of hydrogen-bond donors (Lipinski definition) is 1. The Kier molecular flexibility index (Phi) is 2.70. The van der Waals surface area contributed by atoms with Crippen LogP contribution in [0.2, 0.25) is 5.02 Å². The molecule has 0 aliphatic carbocycles. The van der Waals surface area contributed by atoms with Crippen molar-refractivity contribution < 1.29 is 9.13 Å². The highest BCUT2D eigenvalue weighted by molar-refractivity contribution is 6.30. The third kappa shape index (κ3) is 1.81. The summed E-state index contributed by atoms with van der Waals surface area (Å²) in [4.78, 5) is 0. The molecular weight excluding hydrogens is 233 g/mol. The van der Waals surface area contributed by atoms with Crippen LogP contribution < -0.4 is 10.5 Å². The van der Waals surface area contributed by atoms with E-state index in [-0.39, 0.29) is 11.4 Å². The van der Waals surface area contributed by atoms with Gasteiger partial charge in [0.25, 0.3) is 0 Å². The van der Waals surface area contributed by atoms with Gasteiger partial charge in [-0.3, -0.25) is 0 Å². The molecule has 0 bridgehead atoms. The molecule has 0 atom stereocenters. The zero-order valence-corrected chi connectivity index (χ0v) is 9.20. The Balaban J connectivity index is 2.56. The number of ether oxygens (including phenoxy) is 1. The molecule has 0 spiro atoms. The van der Waals surface area contributed by atoms with Crippen LogP contribution in [-0.2, 0) is 0 Å². The molecule has 0 aliphatic heterocycles. The summed E-state index contributed by atoms with van der Waals surface area (Å²) in [7, 11) is 1.38. The van der Waals surface area contributed by atoms with Gasteiger partial charge in [-0.15, -0.1) is 0 Å². The van der Waals surface area contributed by atoms with Gasteiger partial charge in [0.05, 0.1) is 29.7 Å². The number of hydrogen-bond acceptors (Lipinski definition) is 3. The van der Waals surface area contributed by atoms with Crippen LogP contribution in [0.3, 0.4) is 0 Å². The maximum atomic E-state index is 13.3. The zero-order chi connectivity index (χ0) is 11.7. The Morgan fingerprint density at radius 1 is 1.50 bits per heavy atom. The molecule has 0 amide bonds. The van der Waals surface area contributed by atoms with Crippen LogP contribution in [0.1, 0.15) is 0 Å². The zero-order valence-electron chi connectivity index (χ0n) is 8.45. The number of methoxy groups -OCH3 is 1. The average Bonchev–Trinajstić information content (AvgIpc) is 2.65. The molecule has 1 aromatic carbocycles. The second-order valence-corrected chi connectivity index (χ2v) is 3.59. The van der Waals surface area contributed by atoms with Crippen molar-refractivity contribution in [3.63, 3.8) is 0 Å². The van der Waals surface area contributed by atoms with E-state index in [1.54, 1.807) is 6.20 Å². The standard InChI is InChI=1S/C10H9ClFN3O/c1-16-10-3-9(8(13)2-7(10)12)15-5-6(11)4-14-15/h2-5H,13H2,1H3. The Bertz CT molecular complexity index is 527. The minimum absolute atomic E-state index is 0.107. The van der Waals surface area contributed by atoms with Gasteiger partial charge in [-0.1, -0.05) is 11.6 Å². The summed E-state index contributed by atoms with van der Waals surface area (Å²) < 4.78 is 19.6. The minimum atomic E-state index is -0.512. The van der Waals surface area contributed by atoms with E-state index in [2.05, 4.69) is 5.10 Å². The maximum Gasteiger partial charge on any atom is 0.167 e. The van der Waals surface area contributed by atoms with Crippen molar-refractivity contribution in [2.45, 2.75) is 0 Å². The Morgan fingerprint density at radius 2 is 2.25 bits per heavy atom. The summed E-state index contributed by atoms with van der Waals surface area (Å²) in [6.45, 7) is 0. The highest BCUT2D eigenvalue weighted by atomic mass is 35.5. The fourth-order valence-corrected chi connectivity index (χ4v) is 1.48. The number of anilines is 1. The molecule has 1 aromatic heterocycles. The Morgan fingerprint density at radius 3 is 2.81 bits per heavy atom. The summed E-state index contributed by atoms with van der Waals surface area (Å²) in [5.41, 5.74) is 6.47. The van der Waals surface area contributed by atoms with Crippen molar-refractivity contribution in [3.05, 3.63) is 35.4 Å². The van der Waals surface area contributed by atoms with E-state index in [9.17, 15) is 4.39 Å². The largest absolute Gasteiger partial charge is 0.494 e. The smallest absolute Gasteiger partial charge is 0.167 e. The third-order valence-corrected chi connectivity index (χ3v) is 2.29. The molecule has 2 N–H and O–H groups in total. The van der Waals surface area contributed by atoms with Gasteiger partial charge in [0.15, 0.2) is 11.6 Å². The molecule has 16 heavy (non-hydrogen) atoms. The Hall–Kier alpha value is -1.75. The van der Waals surface area contributed by atoms with Crippen molar-refractivity contribution in [2.24, 2.45) is 0 Å². The number of nitrogens with two attached hydrogens (primary N) is 1. The predicted molar refractivity (Wildman–Crippen MR) is 59.5 cm³/mol. The average molecular weight is 242 g/mol. The van der Waals surface area contributed by atoms with Gasteiger partial charge in [-0.2, -0.15) is 5.10 Å². The van der Waals surface area contributed by atoms with Crippen LogP contribution in [-0.4, -0.2) is 16.9 Å². The normalized spacial score (nSPS) is 10.4. The lowest BCUT2D eigenvalue weighted by atomic mass is 10.2. The van der Waals surface area contributed by atoms with Crippen LogP contribution in [0.15, 0.2) is 24.5 Å². The monoisotopic (exact) mass is 241 g/mol. The van der Waals surface area contributed by atoms with Crippen LogP contribution in [0, 0.1) is 5.82 Å². The number of nitrogen functional groups attached to an aromatic ring is 1. The fourth-order valence-electron chi connectivity index (χ4n) is 1.35. The van der Waals surface area contributed by atoms with Crippen molar-refractivity contribution in [1.29, 1.82) is 0 Å². The predicted octanol–water partition coefficient (Wildman–Crippen LogP) is 2.26. The summed E-state index contributed by atoms with van der Waals surface area (Å²) in [6, 6.07) is 2.65. The van der Waals surface area contributed by atoms with Crippen LogP contribution in [0.5, 0.6) is 5.75 Å². The first kappa shape index (κ1) is 10.8. The molecule has 1 heterocycles. The summed E-state index contributed by atoms with van der Waals surface area (Å²) in [5.74, 6) is -0.405. The second kappa shape index (κ2) is 4.02. The van der Waals surface area contributed by atoms with Crippen molar-refractivity contribution in [1.82, 2.24) is 9.78 Å². The highest BCUT2D eigenvalue weighted by Gasteiger charge is 2.10. The molecule has 4 nitrogen and oxygen atoms in total. The molecular formula is C10H9ClFN3O. The summed E-state index contributed by atoms with van der Waals surface area (Å²) in [5, 5.41) is 4.45. The van der Waals surface area contributed by atoms with Gasteiger partial charge in [0, 0.05) is 18.3 Å². The van der Waals surface area contributed by atoms with Gasteiger partial charge in [0.1, 0.15) is 0 Å². The third-order valence-electron chi connectivity index (χ3n) is 2.10. The van der Waals surface area contributed by atoms with Gasteiger partial charge in [0.2, 0.25) is 0 Å². The van der Waals surface area contributed by atoms with E-state index >= 15 is 0 Å². The van der Waals surface area contributed by atoms with Crippen molar-refractivity contribution in [2.75, 3.05) is 12.8 Å². The lowest BCUT2D eigenvalue weighted by molar-refractivity contribution is 0.386. The van der Waals surface area contributed by atoms with E-state index in [0.29, 0.717) is 10.7 Å². The number of aromatic nitrogens is 2. The molecule has 2 rings (SSSR count). The molecule has 0 fully saturated rings. The SMILES string of the molecule is COc1cc(-n2cc(Cl)cn2)c(N)cc1F. The summed E-state index contributed by atoms with van der Waals surface area (Å²) in [6.07, 6.45) is 3.04. The fraction of sp³-hybridized carbons (Fsp3) is 0.100. The number of benzene rings is 1. The maximum absolute atomic E-state index is 13.3. The number of halogens is 2. The quantitative estimate of drug-likeness (QED) is 0.821. The summed E-state index contributed by atoms with van der Waals surface area (Å²) >= 11 is 5.74. The first-order valence-corrected chi connectivity index (χ1v) is 4.83. The van der Waals surface area contributed by atoms with Crippen LogP contribution in [0.4, 0.5) is 10.1 Å². The van der Waals surface area contributed by atoms with E-state index < -0.39 is 5.82 Å². The van der Waals surface area contributed by atoms with Gasteiger partial charge in [-0.25, -0.2) is 9.07 Å². The molecule has 0 aliphatic rings. The lowest BCUT2D eigenvalue weighted by Crippen LogP contribution is -2.02. The highest BCUT2D eigenvalue weighted by Crippen LogP contribution is 2.26. The molecule has 0 radical (unpaired) electrons. The second-order valence-electron chi connectivity index (χ2n) is 3.15. The molecule has 6 heteroatoms. The number of nitrogens with zero attached hydrogens (tertiary/aromatic N) is 2. The lowest BCUT2D eigenvalue weighted by Gasteiger charge is -2.09. The number of rotatable bonds is 2. The topological polar surface area (TPSA) is 53.1 Å².